The molecule has 1 amide bonds. The average molecular weight is 336 g/mol. The molecule has 0 fully saturated rings. The highest BCUT2D eigenvalue weighted by Crippen LogP contribution is 2.19. The summed E-state index contributed by atoms with van der Waals surface area (Å²) in [7, 11) is 0. The zero-order valence-corrected chi connectivity index (χ0v) is 14.3. The lowest BCUT2D eigenvalue weighted by atomic mass is 10.1. The summed E-state index contributed by atoms with van der Waals surface area (Å²) in [6.07, 6.45) is 4.20. The summed E-state index contributed by atoms with van der Waals surface area (Å²) in [4.78, 5) is 17.6. The van der Waals surface area contributed by atoms with E-state index in [1.807, 2.05) is 48.7 Å². The van der Waals surface area contributed by atoms with Crippen LogP contribution in [0, 0.1) is 0 Å². The van der Waals surface area contributed by atoms with E-state index in [4.69, 9.17) is 0 Å². The molecule has 0 bridgehead atoms. The van der Waals surface area contributed by atoms with Crippen molar-refractivity contribution in [1.82, 2.24) is 9.88 Å². The number of rotatable bonds is 8. The lowest BCUT2D eigenvalue weighted by molar-refractivity contribution is -0.132. The van der Waals surface area contributed by atoms with Crippen molar-refractivity contribution in [3.63, 3.8) is 0 Å². The molecule has 1 heterocycles. The number of hydrogen-bond donors (Lipinski definition) is 2. The number of carbonyl (C=O) groups is 1. The van der Waals surface area contributed by atoms with E-state index >= 15 is 0 Å². The summed E-state index contributed by atoms with van der Waals surface area (Å²) in [6.45, 7) is 0.912. The minimum atomic E-state index is -0.0129. The third kappa shape index (κ3) is 4.48. The second kappa shape index (κ2) is 8.49. The summed E-state index contributed by atoms with van der Waals surface area (Å²) in [5.41, 5.74) is 3.47. The Morgan fingerprint density at radius 3 is 2.60 bits per heavy atom. The minimum Gasteiger partial charge on any atom is -0.395 e. The molecule has 0 atom stereocenters. The number of carbonyl (C=O) groups excluding carboxylic acids is 1. The van der Waals surface area contributed by atoms with Gasteiger partial charge in [-0.25, -0.2) is 0 Å². The Kier molecular flexibility index (Phi) is 5.86. The molecule has 0 saturated carbocycles. The van der Waals surface area contributed by atoms with Gasteiger partial charge in [-0.05, 0) is 30.0 Å². The molecule has 4 heteroatoms. The molecule has 130 valence electrons. The number of aromatic amines is 1. The molecule has 0 unspecified atom stereocenters. The third-order valence-electron chi connectivity index (χ3n) is 4.45. The van der Waals surface area contributed by atoms with E-state index in [1.54, 1.807) is 4.90 Å². The molecule has 0 aliphatic carbocycles. The number of aromatic nitrogens is 1. The summed E-state index contributed by atoms with van der Waals surface area (Å²) >= 11 is 0. The zero-order chi connectivity index (χ0) is 17.5. The largest absolute Gasteiger partial charge is 0.395 e. The maximum atomic E-state index is 12.5. The summed E-state index contributed by atoms with van der Waals surface area (Å²) in [5, 5.41) is 10.5. The van der Waals surface area contributed by atoms with E-state index in [0.717, 1.165) is 23.9 Å². The number of amides is 1. The number of fused-ring (bicyclic) bond motifs is 1. The molecule has 0 aliphatic rings. The number of aliphatic hydroxyl groups is 1. The van der Waals surface area contributed by atoms with Gasteiger partial charge in [0.15, 0.2) is 0 Å². The Morgan fingerprint density at radius 2 is 1.80 bits per heavy atom. The molecule has 1 aromatic heterocycles. The van der Waals surface area contributed by atoms with Gasteiger partial charge in [-0.1, -0.05) is 48.5 Å². The van der Waals surface area contributed by atoms with Gasteiger partial charge in [-0.3, -0.25) is 4.79 Å². The van der Waals surface area contributed by atoms with Gasteiger partial charge in [-0.2, -0.15) is 0 Å². The highest BCUT2D eigenvalue weighted by Gasteiger charge is 2.13. The summed E-state index contributed by atoms with van der Waals surface area (Å²) in [6, 6.07) is 18.1. The highest BCUT2D eigenvalue weighted by molar-refractivity contribution is 5.83. The predicted molar refractivity (Wildman–Crippen MR) is 100 cm³/mol. The predicted octanol–water partition coefficient (Wildman–Crippen LogP) is 3.51. The quantitative estimate of drug-likeness (QED) is 0.661. The molecule has 0 radical (unpaired) electrons. The van der Waals surface area contributed by atoms with Gasteiger partial charge in [0.25, 0.3) is 0 Å². The summed E-state index contributed by atoms with van der Waals surface area (Å²) < 4.78 is 0. The van der Waals surface area contributed by atoms with Gasteiger partial charge in [0, 0.05) is 36.6 Å². The fraction of sp³-hybridized carbons (Fsp3) is 0.286. The van der Waals surface area contributed by atoms with Crippen LogP contribution >= 0.6 is 0 Å². The number of H-pyrrole nitrogens is 1. The summed E-state index contributed by atoms with van der Waals surface area (Å²) in [5.74, 6) is 0.0951. The first-order chi connectivity index (χ1) is 12.3. The fourth-order valence-corrected chi connectivity index (χ4v) is 3.14. The molecular weight excluding hydrogens is 312 g/mol. The van der Waals surface area contributed by atoms with Crippen LogP contribution in [-0.4, -0.2) is 34.0 Å². The number of para-hydroxylation sites is 1. The second-order valence-electron chi connectivity index (χ2n) is 6.24. The van der Waals surface area contributed by atoms with Gasteiger partial charge in [0.05, 0.1) is 6.61 Å². The van der Waals surface area contributed by atoms with Crippen LogP contribution in [0.15, 0.2) is 60.8 Å². The van der Waals surface area contributed by atoms with Gasteiger partial charge >= 0.3 is 0 Å². The lowest BCUT2D eigenvalue weighted by Gasteiger charge is -2.22. The van der Waals surface area contributed by atoms with E-state index in [9.17, 15) is 9.90 Å². The minimum absolute atomic E-state index is 0.0129. The SMILES string of the molecule is O=C(CCCc1c[nH]c2ccccc12)N(CCO)Cc1ccccc1. The number of aliphatic hydroxyl groups excluding tert-OH is 1. The first-order valence-electron chi connectivity index (χ1n) is 8.75. The molecular formula is C21H24N2O2. The van der Waals surface area contributed by atoms with E-state index in [-0.39, 0.29) is 12.5 Å². The van der Waals surface area contributed by atoms with Crippen LogP contribution < -0.4 is 0 Å². The Balaban J connectivity index is 1.56. The molecule has 0 saturated heterocycles. The molecule has 0 spiro atoms. The molecule has 2 aromatic carbocycles. The van der Waals surface area contributed by atoms with Crippen LogP contribution in [0.3, 0.4) is 0 Å². The van der Waals surface area contributed by atoms with Crippen LogP contribution in [0.4, 0.5) is 0 Å². The van der Waals surface area contributed by atoms with Crippen molar-refractivity contribution in [1.29, 1.82) is 0 Å². The van der Waals surface area contributed by atoms with E-state index in [1.165, 1.54) is 10.9 Å². The Hall–Kier alpha value is -2.59. The van der Waals surface area contributed by atoms with Crippen molar-refractivity contribution in [2.24, 2.45) is 0 Å². The van der Waals surface area contributed by atoms with Crippen molar-refractivity contribution < 1.29 is 9.90 Å². The average Bonchev–Trinajstić information content (AvgIpc) is 3.05. The normalized spacial score (nSPS) is 10.9. The van der Waals surface area contributed by atoms with Crippen molar-refractivity contribution in [3.05, 3.63) is 71.9 Å². The number of hydrogen-bond acceptors (Lipinski definition) is 2. The number of nitrogens with one attached hydrogen (secondary N) is 1. The topological polar surface area (TPSA) is 56.3 Å². The molecule has 4 nitrogen and oxygen atoms in total. The first-order valence-corrected chi connectivity index (χ1v) is 8.75. The Labute approximate surface area is 148 Å². The molecule has 25 heavy (non-hydrogen) atoms. The maximum Gasteiger partial charge on any atom is 0.222 e. The fourth-order valence-electron chi connectivity index (χ4n) is 3.14. The van der Waals surface area contributed by atoms with Crippen molar-refractivity contribution in [3.8, 4) is 0 Å². The van der Waals surface area contributed by atoms with E-state index in [2.05, 4.69) is 17.1 Å². The van der Waals surface area contributed by atoms with Crippen LogP contribution in [0.1, 0.15) is 24.0 Å². The molecule has 2 N–H and O–H groups in total. The van der Waals surface area contributed by atoms with Gasteiger partial charge in [0.1, 0.15) is 0 Å². The van der Waals surface area contributed by atoms with Gasteiger partial charge in [0.2, 0.25) is 5.91 Å². The van der Waals surface area contributed by atoms with Gasteiger partial charge < -0.3 is 15.0 Å². The lowest BCUT2D eigenvalue weighted by Crippen LogP contribution is -2.33. The van der Waals surface area contributed by atoms with Crippen molar-refractivity contribution >= 4 is 16.8 Å². The molecule has 3 aromatic rings. The van der Waals surface area contributed by atoms with Crippen LogP contribution in [0.2, 0.25) is 0 Å². The highest BCUT2D eigenvalue weighted by atomic mass is 16.3. The van der Waals surface area contributed by atoms with Crippen LogP contribution in [0.5, 0.6) is 0 Å². The van der Waals surface area contributed by atoms with Crippen LogP contribution in [0.25, 0.3) is 10.9 Å². The Bertz CT molecular complexity index is 811. The number of benzene rings is 2. The number of aryl methyl sites for hydroxylation is 1. The van der Waals surface area contributed by atoms with E-state index < -0.39 is 0 Å². The smallest absolute Gasteiger partial charge is 0.222 e. The van der Waals surface area contributed by atoms with Gasteiger partial charge in [-0.15, -0.1) is 0 Å². The molecule has 0 aliphatic heterocycles. The number of nitrogens with zero attached hydrogens (tertiary/aromatic N) is 1. The first kappa shape index (κ1) is 17.2. The van der Waals surface area contributed by atoms with Crippen molar-refractivity contribution in [2.75, 3.05) is 13.2 Å². The molecule has 3 rings (SSSR count). The standard InChI is InChI=1S/C21H24N2O2/c24-14-13-23(16-17-7-2-1-3-8-17)21(25)12-6-9-18-15-22-20-11-5-4-10-19(18)20/h1-5,7-8,10-11,15,22,24H,6,9,12-14,16H2. The van der Waals surface area contributed by atoms with Crippen molar-refractivity contribution in [2.45, 2.75) is 25.8 Å². The Morgan fingerprint density at radius 1 is 1.04 bits per heavy atom. The van der Waals surface area contributed by atoms with E-state index in [0.29, 0.717) is 19.5 Å². The maximum absolute atomic E-state index is 12.5. The second-order valence-corrected chi connectivity index (χ2v) is 6.24. The van der Waals surface area contributed by atoms with Crippen LogP contribution in [-0.2, 0) is 17.8 Å². The monoisotopic (exact) mass is 336 g/mol. The zero-order valence-electron chi connectivity index (χ0n) is 14.3. The third-order valence-corrected chi connectivity index (χ3v) is 4.45.